The number of rotatable bonds is 7. The SMILES string of the molecule is CCC(C)C(NC(=O)NC(C)(C)CCC(=O)O)C(F)(F)F. The van der Waals surface area contributed by atoms with E-state index in [0.717, 1.165) is 0 Å². The van der Waals surface area contributed by atoms with Crippen molar-refractivity contribution in [2.75, 3.05) is 0 Å². The van der Waals surface area contributed by atoms with Gasteiger partial charge in [-0.15, -0.1) is 0 Å². The van der Waals surface area contributed by atoms with Crippen LogP contribution in [0, 0.1) is 5.92 Å². The molecule has 0 saturated carbocycles. The van der Waals surface area contributed by atoms with E-state index in [9.17, 15) is 22.8 Å². The summed E-state index contributed by atoms with van der Waals surface area (Å²) in [5, 5.41) is 12.9. The average molecular weight is 312 g/mol. The molecule has 0 aliphatic carbocycles. The van der Waals surface area contributed by atoms with Crippen LogP contribution in [0.25, 0.3) is 0 Å². The van der Waals surface area contributed by atoms with E-state index in [1.807, 2.05) is 5.32 Å². The maximum Gasteiger partial charge on any atom is 0.408 e. The number of carbonyl (C=O) groups excluding carboxylic acids is 1. The first kappa shape index (κ1) is 19.5. The van der Waals surface area contributed by atoms with Crippen LogP contribution < -0.4 is 10.6 Å². The minimum Gasteiger partial charge on any atom is -0.481 e. The summed E-state index contributed by atoms with van der Waals surface area (Å²) in [5.41, 5.74) is -0.909. The predicted molar refractivity (Wildman–Crippen MR) is 71.9 cm³/mol. The Morgan fingerprint density at radius 1 is 1.24 bits per heavy atom. The number of carboxylic acid groups (broad SMARTS) is 1. The standard InChI is InChI=1S/C13H23F3N2O3/c1-5-8(2)10(13(14,15)16)17-11(21)18-12(3,4)7-6-9(19)20/h8,10H,5-7H2,1-4H3,(H,19,20)(H2,17,18,21). The molecule has 0 saturated heterocycles. The minimum absolute atomic E-state index is 0.121. The number of hydrogen-bond donors (Lipinski definition) is 3. The van der Waals surface area contributed by atoms with Gasteiger partial charge in [-0.3, -0.25) is 4.79 Å². The third-order valence-corrected chi connectivity index (χ3v) is 3.27. The molecule has 124 valence electrons. The first-order valence-corrected chi connectivity index (χ1v) is 6.76. The van der Waals surface area contributed by atoms with Crippen molar-refractivity contribution in [1.82, 2.24) is 10.6 Å². The van der Waals surface area contributed by atoms with Crippen molar-refractivity contribution in [1.29, 1.82) is 0 Å². The maximum atomic E-state index is 12.9. The van der Waals surface area contributed by atoms with Gasteiger partial charge in [0.1, 0.15) is 6.04 Å². The lowest BCUT2D eigenvalue weighted by atomic mass is 9.97. The molecular formula is C13H23F3N2O3. The normalized spacial score (nSPS) is 15.2. The van der Waals surface area contributed by atoms with E-state index in [4.69, 9.17) is 5.11 Å². The molecular weight excluding hydrogens is 289 g/mol. The Morgan fingerprint density at radius 2 is 1.76 bits per heavy atom. The van der Waals surface area contributed by atoms with E-state index < -0.39 is 35.7 Å². The summed E-state index contributed by atoms with van der Waals surface area (Å²) in [6.07, 6.45) is -4.32. The zero-order valence-corrected chi connectivity index (χ0v) is 12.7. The molecule has 2 amide bonds. The molecule has 0 rings (SSSR count). The first-order chi connectivity index (χ1) is 9.39. The molecule has 5 nitrogen and oxygen atoms in total. The van der Waals surface area contributed by atoms with Crippen molar-refractivity contribution in [3.8, 4) is 0 Å². The van der Waals surface area contributed by atoms with Gasteiger partial charge in [-0.1, -0.05) is 20.3 Å². The summed E-state index contributed by atoms with van der Waals surface area (Å²) < 4.78 is 38.7. The van der Waals surface area contributed by atoms with Crippen LogP contribution in [-0.4, -0.2) is 34.9 Å². The Kier molecular flexibility index (Phi) is 6.99. The highest BCUT2D eigenvalue weighted by Gasteiger charge is 2.43. The first-order valence-electron chi connectivity index (χ1n) is 6.76. The van der Waals surface area contributed by atoms with Crippen molar-refractivity contribution in [2.24, 2.45) is 5.92 Å². The number of amides is 2. The van der Waals surface area contributed by atoms with E-state index in [1.54, 1.807) is 20.8 Å². The molecule has 0 fully saturated rings. The summed E-state index contributed by atoms with van der Waals surface area (Å²) in [4.78, 5) is 22.2. The van der Waals surface area contributed by atoms with Crippen molar-refractivity contribution in [2.45, 2.75) is 64.7 Å². The molecule has 0 heterocycles. The van der Waals surface area contributed by atoms with Gasteiger partial charge in [0.05, 0.1) is 0 Å². The van der Waals surface area contributed by atoms with Gasteiger partial charge < -0.3 is 15.7 Å². The molecule has 3 N–H and O–H groups in total. The lowest BCUT2D eigenvalue weighted by Crippen LogP contribution is -2.56. The zero-order chi connectivity index (χ0) is 16.8. The van der Waals surface area contributed by atoms with Gasteiger partial charge in [0.25, 0.3) is 0 Å². The summed E-state index contributed by atoms with van der Waals surface area (Å²) in [6.45, 7) is 6.14. The predicted octanol–water partition coefficient (Wildman–Crippen LogP) is 2.91. The second-order valence-corrected chi connectivity index (χ2v) is 5.78. The summed E-state index contributed by atoms with van der Waals surface area (Å²) in [6, 6.07) is -2.88. The van der Waals surface area contributed by atoms with Crippen molar-refractivity contribution >= 4 is 12.0 Å². The largest absolute Gasteiger partial charge is 0.481 e. The van der Waals surface area contributed by atoms with Crippen molar-refractivity contribution < 1.29 is 27.9 Å². The third-order valence-electron chi connectivity index (χ3n) is 3.27. The Balaban J connectivity index is 4.67. The van der Waals surface area contributed by atoms with E-state index in [2.05, 4.69) is 5.32 Å². The molecule has 8 heteroatoms. The monoisotopic (exact) mass is 312 g/mol. The Labute approximate surface area is 122 Å². The lowest BCUT2D eigenvalue weighted by Gasteiger charge is -2.30. The van der Waals surface area contributed by atoms with E-state index in [0.29, 0.717) is 0 Å². The van der Waals surface area contributed by atoms with Crippen LogP contribution in [0.2, 0.25) is 0 Å². The van der Waals surface area contributed by atoms with Gasteiger partial charge in [0, 0.05) is 12.0 Å². The fraction of sp³-hybridized carbons (Fsp3) is 0.846. The molecule has 0 bridgehead atoms. The highest BCUT2D eigenvalue weighted by atomic mass is 19.4. The molecule has 0 radical (unpaired) electrons. The maximum absolute atomic E-state index is 12.9. The van der Waals surface area contributed by atoms with Gasteiger partial charge in [-0.05, 0) is 26.2 Å². The van der Waals surface area contributed by atoms with Crippen LogP contribution in [-0.2, 0) is 4.79 Å². The second kappa shape index (κ2) is 7.51. The van der Waals surface area contributed by atoms with Crippen LogP contribution in [0.1, 0.15) is 47.0 Å². The Bertz CT molecular complexity index is 370. The van der Waals surface area contributed by atoms with Crippen LogP contribution in [0.4, 0.5) is 18.0 Å². The van der Waals surface area contributed by atoms with Crippen LogP contribution in [0.3, 0.4) is 0 Å². The van der Waals surface area contributed by atoms with Gasteiger partial charge in [-0.25, -0.2) is 4.79 Å². The summed E-state index contributed by atoms with van der Waals surface area (Å²) >= 11 is 0. The Morgan fingerprint density at radius 3 is 2.14 bits per heavy atom. The highest BCUT2D eigenvalue weighted by Crippen LogP contribution is 2.27. The number of hydrogen-bond acceptors (Lipinski definition) is 2. The van der Waals surface area contributed by atoms with Gasteiger partial charge >= 0.3 is 18.2 Å². The molecule has 0 aromatic rings. The fourth-order valence-corrected chi connectivity index (χ4v) is 1.75. The molecule has 0 aromatic carbocycles. The van der Waals surface area contributed by atoms with Crippen molar-refractivity contribution in [3.05, 3.63) is 0 Å². The van der Waals surface area contributed by atoms with Crippen LogP contribution >= 0.6 is 0 Å². The molecule has 0 aromatic heterocycles. The van der Waals surface area contributed by atoms with Crippen molar-refractivity contribution in [3.63, 3.8) is 0 Å². The van der Waals surface area contributed by atoms with Crippen LogP contribution in [0.5, 0.6) is 0 Å². The molecule has 21 heavy (non-hydrogen) atoms. The van der Waals surface area contributed by atoms with Gasteiger partial charge in [0.15, 0.2) is 0 Å². The van der Waals surface area contributed by atoms with E-state index >= 15 is 0 Å². The molecule has 2 atom stereocenters. The molecule has 0 aliphatic rings. The minimum atomic E-state index is -4.53. The van der Waals surface area contributed by atoms with Gasteiger partial charge in [-0.2, -0.15) is 13.2 Å². The summed E-state index contributed by atoms with van der Waals surface area (Å²) in [7, 11) is 0. The number of halogens is 3. The van der Waals surface area contributed by atoms with Gasteiger partial charge in [0.2, 0.25) is 0 Å². The molecule has 0 spiro atoms. The number of carbonyl (C=O) groups is 2. The number of urea groups is 1. The lowest BCUT2D eigenvalue weighted by molar-refractivity contribution is -0.164. The second-order valence-electron chi connectivity index (χ2n) is 5.78. The number of carboxylic acids is 1. The zero-order valence-electron chi connectivity index (χ0n) is 12.7. The summed E-state index contributed by atoms with van der Waals surface area (Å²) in [5.74, 6) is -1.78. The number of nitrogens with one attached hydrogen (secondary N) is 2. The number of alkyl halides is 3. The quantitative estimate of drug-likeness (QED) is 0.676. The molecule has 2 unspecified atom stereocenters. The average Bonchev–Trinajstić information content (AvgIpc) is 2.31. The topological polar surface area (TPSA) is 78.4 Å². The van der Waals surface area contributed by atoms with E-state index in [-0.39, 0.29) is 19.3 Å². The smallest absolute Gasteiger partial charge is 0.408 e. The fourth-order valence-electron chi connectivity index (χ4n) is 1.75. The molecule has 0 aliphatic heterocycles. The van der Waals surface area contributed by atoms with Crippen LogP contribution in [0.15, 0.2) is 0 Å². The third kappa shape index (κ3) is 7.77. The Hall–Kier alpha value is -1.47. The number of aliphatic carboxylic acids is 1. The highest BCUT2D eigenvalue weighted by molar-refractivity contribution is 5.75. The van der Waals surface area contributed by atoms with E-state index in [1.165, 1.54) is 6.92 Å².